The van der Waals surface area contributed by atoms with E-state index in [0.29, 0.717) is 5.16 Å². The lowest BCUT2D eigenvalue weighted by atomic mass is 10.4. The quantitative estimate of drug-likeness (QED) is 0.557. The van der Waals surface area contributed by atoms with Crippen LogP contribution in [0.2, 0.25) is 0 Å². The van der Waals surface area contributed by atoms with E-state index in [0.717, 1.165) is 5.56 Å². The lowest BCUT2D eigenvalue weighted by molar-refractivity contribution is 0.679. The van der Waals surface area contributed by atoms with Crippen LogP contribution >= 0.6 is 0 Å². The molecule has 1 aromatic heterocycles. The van der Waals surface area contributed by atoms with Crippen LogP contribution in [-0.2, 0) is 10.8 Å². The Hall–Kier alpha value is -0.770. The minimum Gasteiger partial charge on any atom is -0.251 e. The fourth-order valence-corrected chi connectivity index (χ4v) is 0.931. The number of hydrogen-bond acceptors (Lipinski definition) is 3. The van der Waals surface area contributed by atoms with Crippen LogP contribution in [0.3, 0.4) is 0 Å². The number of rotatable bonds is 1. The van der Waals surface area contributed by atoms with Crippen LogP contribution in [0.25, 0.3) is 0 Å². The third-order valence-electron chi connectivity index (χ3n) is 1.01. The molecule has 0 amide bonds. The summed E-state index contributed by atoms with van der Waals surface area (Å²) >= 11 is 0. The Morgan fingerprint density at radius 2 is 1.90 bits per heavy atom. The number of nitrogens with zero attached hydrogens (tertiary/aromatic N) is 2. The highest BCUT2D eigenvalue weighted by atomic mass is 32.2. The van der Waals surface area contributed by atoms with Crippen LogP contribution in [0.1, 0.15) is 5.56 Å². The molecule has 0 fully saturated rings. The van der Waals surface area contributed by atoms with Gasteiger partial charge in [0.2, 0.25) is 5.16 Å². The summed E-state index contributed by atoms with van der Waals surface area (Å²) in [4.78, 5) is 7.73. The second kappa shape index (κ2) is 2.88. The first-order chi connectivity index (χ1) is 4.70. The van der Waals surface area contributed by atoms with Gasteiger partial charge in [-0.25, -0.2) is 9.97 Å². The molecule has 1 unspecified atom stereocenters. The van der Waals surface area contributed by atoms with Crippen LogP contribution < -0.4 is 0 Å². The molecule has 1 heterocycles. The lowest BCUT2D eigenvalue weighted by Crippen LogP contribution is -1.95. The molecule has 0 aromatic carbocycles. The highest BCUT2D eigenvalue weighted by Gasteiger charge is 1.97. The summed E-state index contributed by atoms with van der Waals surface area (Å²) in [6, 6.07) is 0. The smallest absolute Gasteiger partial charge is 0.218 e. The molecule has 0 N–H and O–H groups in total. The summed E-state index contributed by atoms with van der Waals surface area (Å²) in [5.41, 5.74) is 0.981. The van der Waals surface area contributed by atoms with E-state index < -0.39 is 10.8 Å². The van der Waals surface area contributed by atoms with Crippen molar-refractivity contribution in [1.29, 1.82) is 0 Å². The maximum absolute atomic E-state index is 10.7. The van der Waals surface area contributed by atoms with Gasteiger partial charge >= 0.3 is 0 Å². The number of aromatic nitrogens is 2. The van der Waals surface area contributed by atoms with Gasteiger partial charge in [-0.2, -0.15) is 0 Å². The molecule has 0 bridgehead atoms. The minimum atomic E-state index is -1.06. The number of aryl methyl sites for hydroxylation is 1. The van der Waals surface area contributed by atoms with Crippen molar-refractivity contribution in [3.05, 3.63) is 18.0 Å². The molecule has 0 saturated carbocycles. The molecular weight excluding hydrogens is 148 g/mol. The van der Waals surface area contributed by atoms with E-state index in [1.54, 1.807) is 18.6 Å². The molecule has 0 aliphatic carbocycles. The molecule has 4 heteroatoms. The third-order valence-corrected chi connectivity index (χ3v) is 1.74. The van der Waals surface area contributed by atoms with Crippen LogP contribution in [0.5, 0.6) is 0 Å². The average molecular weight is 156 g/mol. The maximum Gasteiger partial charge on any atom is 0.218 e. The van der Waals surface area contributed by atoms with E-state index in [2.05, 4.69) is 9.97 Å². The van der Waals surface area contributed by atoms with Gasteiger partial charge in [-0.3, -0.25) is 4.21 Å². The average Bonchev–Trinajstić information content (AvgIpc) is 1.88. The van der Waals surface area contributed by atoms with Crippen molar-refractivity contribution in [1.82, 2.24) is 9.97 Å². The minimum absolute atomic E-state index is 0.394. The standard InChI is InChI=1S/C6H8N2OS/c1-5-3-7-6(8-4-5)10(2)9/h3-4H,1-2H3. The van der Waals surface area contributed by atoms with Gasteiger partial charge in [-0.15, -0.1) is 0 Å². The van der Waals surface area contributed by atoms with Crippen molar-refractivity contribution in [2.75, 3.05) is 6.26 Å². The first-order valence-corrected chi connectivity index (χ1v) is 4.38. The van der Waals surface area contributed by atoms with Gasteiger partial charge in [0, 0.05) is 18.6 Å². The van der Waals surface area contributed by atoms with E-state index in [1.165, 1.54) is 0 Å². The van der Waals surface area contributed by atoms with Crippen LogP contribution in [0.15, 0.2) is 17.6 Å². The van der Waals surface area contributed by atoms with Crippen molar-refractivity contribution < 1.29 is 4.21 Å². The normalized spacial score (nSPS) is 13.0. The molecule has 0 radical (unpaired) electrons. The van der Waals surface area contributed by atoms with E-state index >= 15 is 0 Å². The van der Waals surface area contributed by atoms with Gasteiger partial charge < -0.3 is 0 Å². The number of hydrogen-bond donors (Lipinski definition) is 0. The Morgan fingerprint density at radius 1 is 1.40 bits per heavy atom. The lowest BCUT2D eigenvalue weighted by Gasteiger charge is -1.92. The molecular formula is C6H8N2OS. The molecule has 1 rings (SSSR count). The van der Waals surface area contributed by atoms with Gasteiger partial charge in [0.1, 0.15) is 0 Å². The first-order valence-electron chi connectivity index (χ1n) is 2.82. The van der Waals surface area contributed by atoms with E-state index in [-0.39, 0.29) is 0 Å². The molecule has 1 atom stereocenters. The van der Waals surface area contributed by atoms with Gasteiger partial charge in [-0.1, -0.05) is 0 Å². The topological polar surface area (TPSA) is 42.9 Å². The van der Waals surface area contributed by atoms with E-state index in [4.69, 9.17) is 0 Å². The zero-order valence-corrected chi connectivity index (χ0v) is 6.68. The van der Waals surface area contributed by atoms with Gasteiger partial charge in [0.05, 0.1) is 10.8 Å². The SMILES string of the molecule is Cc1cnc(S(C)=O)nc1. The van der Waals surface area contributed by atoms with Gasteiger partial charge in [-0.05, 0) is 12.5 Å². The highest BCUT2D eigenvalue weighted by Crippen LogP contribution is 1.95. The predicted octanol–water partition coefficient (Wildman–Crippen LogP) is 0.522. The fraction of sp³-hybridized carbons (Fsp3) is 0.333. The molecule has 1 aromatic rings. The monoisotopic (exact) mass is 156 g/mol. The van der Waals surface area contributed by atoms with Crippen LogP contribution in [0, 0.1) is 6.92 Å². The van der Waals surface area contributed by atoms with Crippen molar-refractivity contribution in [2.45, 2.75) is 12.1 Å². The Morgan fingerprint density at radius 3 is 2.30 bits per heavy atom. The Kier molecular flexibility index (Phi) is 2.11. The molecule has 10 heavy (non-hydrogen) atoms. The van der Waals surface area contributed by atoms with Gasteiger partial charge in [0.15, 0.2) is 0 Å². The third kappa shape index (κ3) is 1.60. The van der Waals surface area contributed by atoms with Crippen molar-refractivity contribution in [3.63, 3.8) is 0 Å². The second-order valence-electron chi connectivity index (χ2n) is 2.00. The molecule has 0 aliphatic rings. The predicted molar refractivity (Wildman–Crippen MR) is 39.1 cm³/mol. The first kappa shape index (κ1) is 7.34. The molecule has 0 saturated heterocycles. The Bertz CT molecular complexity index is 244. The van der Waals surface area contributed by atoms with E-state index in [1.807, 2.05) is 6.92 Å². The van der Waals surface area contributed by atoms with E-state index in [9.17, 15) is 4.21 Å². The van der Waals surface area contributed by atoms with Crippen molar-refractivity contribution in [2.24, 2.45) is 0 Å². The van der Waals surface area contributed by atoms with Gasteiger partial charge in [0.25, 0.3) is 0 Å². The maximum atomic E-state index is 10.7. The zero-order chi connectivity index (χ0) is 7.56. The Labute approximate surface area is 62.0 Å². The fourth-order valence-electron chi connectivity index (χ4n) is 0.529. The molecule has 0 spiro atoms. The second-order valence-corrected chi connectivity index (χ2v) is 3.27. The zero-order valence-electron chi connectivity index (χ0n) is 5.87. The summed E-state index contributed by atoms with van der Waals surface area (Å²) in [6.45, 7) is 1.89. The molecule has 3 nitrogen and oxygen atoms in total. The Balaban J connectivity index is 3.00. The summed E-state index contributed by atoms with van der Waals surface area (Å²) in [7, 11) is -1.06. The highest BCUT2D eigenvalue weighted by molar-refractivity contribution is 7.84. The molecule has 0 aliphatic heterocycles. The molecule has 54 valence electrons. The summed E-state index contributed by atoms with van der Waals surface area (Å²) in [6.07, 6.45) is 4.87. The summed E-state index contributed by atoms with van der Waals surface area (Å²) in [5, 5.41) is 0.394. The van der Waals surface area contributed by atoms with Crippen molar-refractivity contribution in [3.8, 4) is 0 Å². The van der Waals surface area contributed by atoms with Crippen LogP contribution in [-0.4, -0.2) is 20.4 Å². The largest absolute Gasteiger partial charge is 0.251 e. The van der Waals surface area contributed by atoms with Crippen molar-refractivity contribution >= 4 is 10.8 Å². The van der Waals surface area contributed by atoms with Crippen LogP contribution in [0.4, 0.5) is 0 Å². The summed E-state index contributed by atoms with van der Waals surface area (Å²) < 4.78 is 10.7. The summed E-state index contributed by atoms with van der Waals surface area (Å²) in [5.74, 6) is 0.